The van der Waals surface area contributed by atoms with Crippen LogP contribution in [0.25, 0.3) is 0 Å². The van der Waals surface area contributed by atoms with Crippen molar-refractivity contribution >= 4 is 25.3 Å². The van der Waals surface area contributed by atoms with E-state index in [4.69, 9.17) is 4.74 Å². The lowest BCUT2D eigenvalue weighted by Gasteiger charge is -2.14. The van der Waals surface area contributed by atoms with E-state index in [1.54, 1.807) is 6.92 Å². The molecule has 0 radical (unpaired) electrons. The van der Waals surface area contributed by atoms with Crippen molar-refractivity contribution in [2.75, 3.05) is 5.75 Å². The van der Waals surface area contributed by atoms with Gasteiger partial charge in [0.05, 0.1) is 6.10 Å². The zero-order valence-corrected chi connectivity index (χ0v) is 11.1. The first-order valence-electron chi connectivity index (χ1n) is 5.29. The predicted molar refractivity (Wildman–Crippen MR) is 71.2 cm³/mol. The van der Waals surface area contributed by atoms with Gasteiger partial charge in [0.25, 0.3) is 5.56 Å². The SMILES string of the molecule is Cc1cn([C@H]2CC(S)[C@@H](CS)O2)c(=O)[nH]c1=O. The summed E-state index contributed by atoms with van der Waals surface area (Å²) in [5, 5.41) is 0.0524. The Morgan fingerprint density at radius 3 is 2.88 bits per heavy atom. The average Bonchev–Trinajstić information content (AvgIpc) is 2.65. The van der Waals surface area contributed by atoms with Gasteiger partial charge in [0, 0.05) is 29.2 Å². The number of nitrogens with one attached hydrogen (secondary N) is 1. The third-order valence-electron chi connectivity index (χ3n) is 2.84. The van der Waals surface area contributed by atoms with Crippen LogP contribution in [0.4, 0.5) is 0 Å². The van der Waals surface area contributed by atoms with Crippen molar-refractivity contribution in [3.05, 3.63) is 32.6 Å². The minimum Gasteiger partial charge on any atom is -0.353 e. The molecule has 94 valence electrons. The molecule has 0 saturated carbocycles. The van der Waals surface area contributed by atoms with Gasteiger partial charge in [-0.2, -0.15) is 25.3 Å². The maximum atomic E-state index is 11.7. The molecule has 0 spiro atoms. The molecule has 0 aromatic carbocycles. The maximum absolute atomic E-state index is 11.7. The van der Waals surface area contributed by atoms with Crippen LogP contribution >= 0.6 is 25.3 Å². The molecule has 0 bridgehead atoms. The van der Waals surface area contributed by atoms with Gasteiger partial charge in [0.1, 0.15) is 6.23 Å². The van der Waals surface area contributed by atoms with Gasteiger partial charge in [-0.1, -0.05) is 0 Å². The van der Waals surface area contributed by atoms with E-state index in [1.807, 2.05) is 0 Å². The Balaban J connectivity index is 2.34. The van der Waals surface area contributed by atoms with Crippen molar-refractivity contribution in [1.29, 1.82) is 0 Å². The fraction of sp³-hybridized carbons (Fsp3) is 0.600. The van der Waals surface area contributed by atoms with Crippen LogP contribution in [0, 0.1) is 6.92 Å². The summed E-state index contributed by atoms with van der Waals surface area (Å²) in [5.41, 5.74) is -0.332. The lowest BCUT2D eigenvalue weighted by Crippen LogP contribution is -2.33. The van der Waals surface area contributed by atoms with Gasteiger partial charge in [-0.3, -0.25) is 14.3 Å². The van der Waals surface area contributed by atoms with E-state index in [2.05, 4.69) is 30.2 Å². The van der Waals surface area contributed by atoms with Crippen molar-refractivity contribution in [3.63, 3.8) is 0 Å². The van der Waals surface area contributed by atoms with Gasteiger partial charge in [-0.05, 0) is 6.92 Å². The highest BCUT2D eigenvalue weighted by Crippen LogP contribution is 2.31. The van der Waals surface area contributed by atoms with E-state index >= 15 is 0 Å². The number of ether oxygens (including phenoxy) is 1. The molecule has 1 aliphatic rings. The number of nitrogens with zero attached hydrogens (tertiary/aromatic N) is 1. The largest absolute Gasteiger partial charge is 0.353 e. The summed E-state index contributed by atoms with van der Waals surface area (Å²) in [6.07, 6.45) is 1.69. The molecular formula is C10H14N2O3S2. The van der Waals surface area contributed by atoms with Crippen LogP contribution in [0.5, 0.6) is 0 Å². The first-order chi connectivity index (χ1) is 8.02. The predicted octanol–water partition coefficient (Wildman–Crippen LogP) is 0.361. The molecule has 1 fully saturated rings. The van der Waals surface area contributed by atoms with Crippen molar-refractivity contribution < 1.29 is 4.74 Å². The van der Waals surface area contributed by atoms with Crippen LogP contribution < -0.4 is 11.2 Å². The third-order valence-corrected chi connectivity index (χ3v) is 3.74. The zero-order chi connectivity index (χ0) is 12.6. The van der Waals surface area contributed by atoms with Crippen molar-refractivity contribution in [1.82, 2.24) is 9.55 Å². The van der Waals surface area contributed by atoms with Crippen molar-refractivity contribution in [2.24, 2.45) is 0 Å². The highest BCUT2D eigenvalue weighted by Gasteiger charge is 2.33. The summed E-state index contributed by atoms with van der Waals surface area (Å²) in [6, 6.07) is 0. The number of rotatable bonds is 2. The molecular weight excluding hydrogens is 260 g/mol. The lowest BCUT2D eigenvalue weighted by atomic mass is 10.2. The Morgan fingerprint density at radius 1 is 1.59 bits per heavy atom. The quantitative estimate of drug-likeness (QED) is 0.682. The molecule has 5 nitrogen and oxygen atoms in total. The second-order valence-electron chi connectivity index (χ2n) is 4.09. The topological polar surface area (TPSA) is 64.1 Å². The number of thiol groups is 2. The zero-order valence-electron chi connectivity index (χ0n) is 9.29. The van der Waals surface area contributed by atoms with E-state index in [1.165, 1.54) is 10.8 Å². The number of aromatic nitrogens is 2. The molecule has 3 atom stereocenters. The number of hydrogen-bond acceptors (Lipinski definition) is 5. The van der Waals surface area contributed by atoms with Gasteiger partial charge in [0.15, 0.2) is 0 Å². The fourth-order valence-corrected chi connectivity index (χ4v) is 2.71. The van der Waals surface area contributed by atoms with E-state index in [0.717, 1.165) is 0 Å². The molecule has 1 N–H and O–H groups in total. The lowest BCUT2D eigenvalue weighted by molar-refractivity contribution is 0.0107. The van der Waals surface area contributed by atoms with Gasteiger partial charge >= 0.3 is 5.69 Å². The number of hydrogen-bond donors (Lipinski definition) is 3. The summed E-state index contributed by atoms with van der Waals surface area (Å²) in [7, 11) is 0. The van der Waals surface area contributed by atoms with Gasteiger partial charge in [-0.25, -0.2) is 4.79 Å². The fourth-order valence-electron chi connectivity index (χ4n) is 1.85. The maximum Gasteiger partial charge on any atom is 0.330 e. The molecule has 1 saturated heterocycles. The Labute approximate surface area is 109 Å². The van der Waals surface area contributed by atoms with Crippen LogP contribution in [0.3, 0.4) is 0 Å². The summed E-state index contributed by atoms with van der Waals surface area (Å²) in [6.45, 7) is 1.65. The highest BCUT2D eigenvalue weighted by atomic mass is 32.1. The molecule has 1 unspecified atom stereocenters. The van der Waals surface area contributed by atoms with Crippen molar-refractivity contribution in [2.45, 2.75) is 30.9 Å². The standard InChI is InChI=1S/C10H14N2O3S2/c1-5-3-12(10(14)11-9(5)13)8-2-7(17)6(4-16)15-8/h3,6-8,16-17H,2,4H2,1H3,(H,11,13,14)/t6-,7?,8-/m1/s1. The van der Waals surface area contributed by atoms with Gasteiger partial charge < -0.3 is 4.74 Å². The second kappa shape index (κ2) is 4.91. The Hall–Kier alpha value is -0.660. The first-order valence-corrected chi connectivity index (χ1v) is 6.44. The molecule has 17 heavy (non-hydrogen) atoms. The van der Waals surface area contributed by atoms with E-state index in [9.17, 15) is 9.59 Å². The van der Waals surface area contributed by atoms with Crippen LogP contribution in [0.15, 0.2) is 15.8 Å². The summed E-state index contributed by atoms with van der Waals surface area (Å²) in [5.74, 6) is 0.557. The molecule has 0 amide bonds. The molecule has 7 heteroatoms. The Kier molecular flexibility index (Phi) is 3.70. The van der Waals surface area contributed by atoms with E-state index < -0.39 is 5.69 Å². The molecule has 1 aromatic rings. The first kappa shape index (κ1) is 12.8. The molecule has 2 rings (SSSR count). The highest BCUT2D eigenvalue weighted by molar-refractivity contribution is 7.81. The Bertz CT molecular complexity index is 525. The van der Waals surface area contributed by atoms with Gasteiger partial charge in [-0.15, -0.1) is 0 Å². The van der Waals surface area contributed by atoms with Crippen molar-refractivity contribution in [3.8, 4) is 0 Å². The minimum absolute atomic E-state index is 0.0524. The second-order valence-corrected chi connectivity index (χ2v) is 5.12. The number of H-pyrrole nitrogens is 1. The van der Waals surface area contributed by atoms with Crippen LogP contribution in [-0.2, 0) is 4.74 Å². The van der Waals surface area contributed by atoms with Crippen LogP contribution in [0.1, 0.15) is 18.2 Å². The molecule has 2 heterocycles. The van der Waals surface area contributed by atoms with Gasteiger partial charge in [0.2, 0.25) is 0 Å². The third kappa shape index (κ3) is 2.46. The summed E-state index contributed by atoms with van der Waals surface area (Å²) < 4.78 is 7.08. The van der Waals surface area contributed by atoms with Crippen LogP contribution in [0.2, 0.25) is 0 Å². The monoisotopic (exact) mass is 274 g/mol. The molecule has 1 aromatic heterocycles. The molecule has 1 aliphatic heterocycles. The normalized spacial score (nSPS) is 28.5. The van der Waals surface area contributed by atoms with Crippen LogP contribution in [-0.4, -0.2) is 26.7 Å². The molecule has 0 aliphatic carbocycles. The Morgan fingerprint density at radius 2 is 2.29 bits per heavy atom. The average molecular weight is 274 g/mol. The van der Waals surface area contributed by atoms with E-state index in [-0.39, 0.29) is 23.1 Å². The van der Waals surface area contributed by atoms with E-state index in [0.29, 0.717) is 17.7 Å². The summed E-state index contributed by atoms with van der Waals surface area (Å²) in [4.78, 5) is 25.2. The minimum atomic E-state index is -0.453. The summed E-state index contributed by atoms with van der Waals surface area (Å²) >= 11 is 8.57. The number of aryl methyl sites for hydroxylation is 1. The number of aromatic amines is 1. The smallest absolute Gasteiger partial charge is 0.330 e.